The lowest BCUT2D eigenvalue weighted by atomic mass is 10.4. The predicted octanol–water partition coefficient (Wildman–Crippen LogP) is 1.18. The second-order valence-corrected chi connectivity index (χ2v) is 2.23. The summed E-state index contributed by atoms with van der Waals surface area (Å²) in [6.07, 6.45) is 0.503. The fraction of sp³-hybridized carbons (Fsp3) is 1.00. The summed E-state index contributed by atoms with van der Waals surface area (Å²) in [5, 5.41) is 0. The topological polar surface area (TPSA) is 35.2 Å². The van der Waals surface area contributed by atoms with Crippen molar-refractivity contribution in [1.82, 2.24) is 0 Å². The molecule has 0 saturated heterocycles. The van der Waals surface area contributed by atoms with Crippen LogP contribution in [0.5, 0.6) is 0 Å². The van der Waals surface area contributed by atoms with Gasteiger partial charge >= 0.3 is 0 Å². The summed E-state index contributed by atoms with van der Waals surface area (Å²) in [6, 6.07) is 0. The van der Waals surface area contributed by atoms with E-state index in [0.717, 1.165) is 0 Å². The van der Waals surface area contributed by atoms with Crippen LogP contribution in [0.15, 0.2) is 0 Å². The molecule has 0 aromatic rings. The molecule has 1 atom stereocenters. The van der Waals surface area contributed by atoms with Crippen molar-refractivity contribution in [2.75, 3.05) is 6.54 Å². The number of ether oxygens (including phenoxy) is 1. The number of hydrogen-bond acceptors (Lipinski definition) is 2. The van der Waals surface area contributed by atoms with E-state index in [0.29, 0.717) is 12.6 Å². The molecular formula is C6H16ClNO. The Balaban J connectivity index is 0. The van der Waals surface area contributed by atoms with Crippen molar-refractivity contribution in [1.29, 1.82) is 0 Å². The fourth-order valence-corrected chi connectivity index (χ4v) is 0.520. The molecule has 0 aliphatic carbocycles. The fourth-order valence-electron chi connectivity index (χ4n) is 0.520. The molecule has 58 valence electrons. The average Bonchev–Trinajstić information content (AvgIpc) is 1.65. The van der Waals surface area contributed by atoms with E-state index in [2.05, 4.69) is 0 Å². The third-order valence-corrected chi connectivity index (χ3v) is 0.836. The summed E-state index contributed by atoms with van der Waals surface area (Å²) in [6.45, 7) is 6.59. The molecule has 0 spiro atoms. The van der Waals surface area contributed by atoms with E-state index in [9.17, 15) is 0 Å². The normalized spacial score (nSPS) is 13.0. The monoisotopic (exact) mass is 153 g/mol. The highest BCUT2D eigenvalue weighted by Crippen LogP contribution is 1.93. The molecule has 0 saturated carbocycles. The standard InChI is InChI=1S/C6H15NO.ClH/c1-5(2)8-6(3)4-7;/h5-6H,4,7H2,1-3H3;1H/t6-;/m0./s1. The van der Waals surface area contributed by atoms with Gasteiger partial charge in [-0.2, -0.15) is 0 Å². The number of nitrogens with two attached hydrogens (primary N) is 1. The van der Waals surface area contributed by atoms with Gasteiger partial charge in [0.15, 0.2) is 0 Å². The molecule has 0 amide bonds. The maximum atomic E-state index is 5.30. The van der Waals surface area contributed by atoms with Crippen molar-refractivity contribution >= 4 is 12.4 Å². The van der Waals surface area contributed by atoms with Crippen LogP contribution in [0.4, 0.5) is 0 Å². The molecule has 2 N–H and O–H groups in total. The molecule has 0 unspecified atom stereocenters. The average molecular weight is 154 g/mol. The van der Waals surface area contributed by atoms with Gasteiger partial charge in [-0.15, -0.1) is 12.4 Å². The van der Waals surface area contributed by atoms with Crippen molar-refractivity contribution in [2.45, 2.75) is 33.0 Å². The minimum Gasteiger partial charge on any atom is -0.375 e. The van der Waals surface area contributed by atoms with Crippen LogP contribution in [-0.2, 0) is 4.74 Å². The third-order valence-electron chi connectivity index (χ3n) is 0.836. The van der Waals surface area contributed by atoms with Gasteiger partial charge in [-0.1, -0.05) is 0 Å². The first-order valence-electron chi connectivity index (χ1n) is 3.02. The summed E-state index contributed by atoms with van der Waals surface area (Å²) in [7, 11) is 0. The van der Waals surface area contributed by atoms with Crippen molar-refractivity contribution in [2.24, 2.45) is 5.73 Å². The Kier molecular flexibility index (Phi) is 8.40. The Bertz CT molecular complexity index is 59.0. The first-order valence-corrected chi connectivity index (χ1v) is 3.02. The Morgan fingerprint density at radius 2 is 1.78 bits per heavy atom. The number of halogens is 1. The van der Waals surface area contributed by atoms with Crippen LogP contribution in [0.25, 0.3) is 0 Å². The smallest absolute Gasteiger partial charge is 0.0672 e. The van der Waals surface area contributed by atoms with Crippen LogP contribution in [0.3, 0.4) is 0 Å². The van der Waals surface area contributed by atoms with Gasteiger partial charge in [0.05, 0.1) is 12.2 Å². The van der Waals surface area contributed by atoms with Crippen LogP contribution in [-0.4, -0.2) is 18.8 Å². The quantitative estimate of drug-likeness (QED) is 0.661. The van der Waals surface area contributed by atoms with E-state index in [4.69, 9.17) is 10.5 Å². The molecule has 0 rings (SSSR count). The lowest BCUT2D eigenvalue weighted by Gasteiger charge is -2.12. The zero-order valence-corrected chi connectivity index (χ0v) is 7.07. The first-order chi connectivity index (χ1) is 3.66. The molecule has 2 nitrogen and oxygen atoms in total. The summed E-state index contributed by atoms with van der Waals surface area (Å²) < 4.78 is 5.27. The second-order valence-electron chi connectivity index (χ2n) is 2.23. The molecule has 9 heavy (non-hydrogen) atoms. The minimum absolute atomic E-state index is 0. The Morgan fingerprint density at radius 1 is 1.33 bits per heavy atom. The van der Waals surface area contributed by atoms with Gasteiger partial charge in [0.2, 0.25) is 0 Å². The van der Waals surface area contributed by atoms with Gasteiger partial charge in [0.25, 0.3) is 0 Å². The maximum Gasteiger partial charge on any atom is 0.0672 e. The van der Waals surface area contributed by atoms with Crippen LogP contribution in [0, 0.1) is 0 Å². The Hall–Kier alpha value is 0.210. The van der Waals surface area contributed by atoms with E-state index >= 15 is 0 Å². The summed E-state index contributed by atoms with van der Waals surface area (Å²) in [5.41, 5.74) is 5.30. The minimum atomic E-state index is 0. The van der Waals surface area contributed by atoms with E-state index in [1.165, 1.54) is 0 Å². The van der Waals surface area contributed by atoms with Gasteiger partial charge in [-0.25, -0.2) is 0 Å². The highest BCUT2D eigenvalue weighted by molar-refractivity contribution is 5.85. The molecule has 3 heteroatoms. The zero-order valence-electron chi connectivity index (χ0n) is 6.26. The molecule has 0 radical (unpaired) electrons. The van der Waals surface area contributed by atoms with Crippen molar-refractivity contribution in [3.05, 3.63) is 0 Å². The largest absolute Gasteiger partial charge is 0.375 e. The lowest BCUT2D eigenvalue weighted by Crippen LogP contribution is -2.23. The summed E-state index contributed by atoms with van der Waals surface area (Å²) >= 11 is 0. The van der Waals surface area contributed by atoms with Gasteiger partial charge in [0.1, 0.15) is 0 Å². The van der Waals surface area contributed by atoms with E-state index in [-0.39, 0.29) is 18.5 Å². The van der Waals surface area contributed by atoms with E-state index < -0.39 is 0 Å². The molecule has 0 aromatic heterocycles. The predicted molar refractivity (Wildman–Crippen MR) is 42.0 cm³/mol. The van der Waals surface area contributed by atoms with Crippen LogP contribution in [0.1, 0.15) is 20.8 Å². The van der Waals surface area contributed by atoms with Gasteiger partial charge in [-0.05, 0) is 20.8 Å². The van der Waals surface area contributed by atoms with Crippen LogP contribution >= 0.6 is 12.4 Å². The molecule has 0 aliphatic rings. The van der Waals surface area contributed by atoms with Gasteiger partial charge in [0, 0.05) is 6.54 Å². The number of hydrogen-bond donors (Lipinski definition) is 1. The van der Waals surface area contributed by atoms with Crippen molar-refractivity contribution in [3.8, 4) is 0 Å². The highest BCUT2D eigenvalue weighted by Gasteiger charge is 1.99. The maximum absolute atomic E-state index is 5.30. The van der Waals surface area contributed by atoms with E-state index in [1.54, 1.807) is 0 Å². The molecule has 0 fully saturated rings. The third kappa shape index (κ3) is 8.21. The van der Waals surface area contributed by atoms with Crippen LogP contribution < -0.4 is 5.73 Å². The summed E-state index contributed by atoms with van der Waals surface area (Å²) in [5.74, 6) is 0. The Morgan fingerprint density at radius 3 is 1.89 bits per heavy atom. The molecule has 0 bridgehead atoms. The summed E-state index contributed by atoms with van der Waals surface area (Å²) in [4.78, 5) is 0. The van der Waals surface area contributed by atoms with E-state index in [1.807, 2.05) is 20.8 Å². The first kappa shape index (κ1) is 11.9. The number of rotatable bonds is 3. The lowest BCUT2D eigenvalue weighted by molar-refractivity contribution is 0.0243. The van der Waals surface area contributed by atoms with Crippen molar-refractivity contribution < 1.29 is 4.74 Å². The van der Waals surface area contributed by atoms with Gasteiger partial charge < -0.3 is 10.5 Å². The molecular weight excluding hydrogens is 138 g/mol. The van der Waals surface area contributed by atoms with Gasteiger partial charge in [-0.3, -0.25) is 0 Å². The SMILES string of the molecule is CC(C)O[C@@H](C)CN.Cl. The molecule has 0 aromatic carbocycles. The molecule has 0 aliphatic heterocycles. The zero-order chi connectivity index (χ0) is 6.57. The highest BCUT2D eigenvalue weighted by atomic mass is 35.5. The second kappa shape index (κ2) is 6.33. The molecule has 0 heterocycles. The van der Waals surface area contributed by atoms with Crippen molar-refractivity contribution in [3.63, 3.8) is 0 Å². The Labute approximate surface area is 63.2 Å². The van der Waals surface area contributed by atoms with Crippen LogP contribution in [0.2, 0.25) is 0 Å².